The normalized spacial score (nSPS) is 40.3. The minimum Gasteiger partial charge on any atom is -0.508 e. The maximum absolute atomic E-state index is 13.8. The molecule has 3 aliphatic rings. The fraction of sp³-hybridized carbons (Fsp3) is 0.481. The third-order valence-electron chi connectivity index (χ3n) is 7.72. The van der Waals surface area contributed by atoms with Crippen molar-refractivity contribution in [2.24, 2.45) is 0 Å². The number of phenolic OH excluding ortho intramolecular Hbond substituents is 1. The molecular formula is C27H32O16. The molecule has 1 aromatic carbocycles. The smallest absolute Gasteiger partial charge is 0.219 e. The van der Waals surface area contributed by atoms with Gasteiger partial charge in [-0.05, 0) is 23.8 Å². The van der Waals surface area contributed by atoms with Gasteiger partial charge in [-0.25, -0.2) is 0 Å². The highest BCUT2D eigenvalue weighted by molar-refractivity contribution is 6.28. The minimum atomic E-state index is -3.60. The monoisotopic (exact) mass is 612 g/mol. The van der Waals surface area contributed by atoms with Crippen LogP contribution in [0.4, 0.5) is 0 Å². The fourth-order valence-electron chi connectivity index (χ4n) is 5.14. The molecule has 2 saturated heterocycles. The summed E-state index contributed by atoms with van der Waals surface area (Å²) in [6, 6.07) is 5.39. The predicted molar refractivity (Wildman–Crippen MR) is 139 cm³/mol. The van der Waals surface area contributed by atoms with E-state index in [2.05, 4.69) is 0 Å². The zero-order chi connectivity index (χ0) is 32.0. The first-order valence-electron chi connectivity index (χ1n) is 12.9. The lowest BCUT2D eigenvalue weighted by Crippen LogP contribution is -2.71. The SMILES string of the molecule is O=C1C(C[C@]2(O)OC[C@@H](O)[C@@H](O)[C@@H]2O)=C(O)/C(=C(O)/C=C/c2ccc(O)cc2)C(=O)C1(O)[C@@H]1O[C@H](CO)[C@@H](O)[C@H](O)[C@H]1O. The third kappa shape index (κ3) is 5.59. The highest BCUT2D eigenvalue weighted by Gasteiger charge is 2.64. The molecule has 10 atom stereocenters. The number of phenols is 1. The molecule has 43 heavy (non-hydrogen) atoms. The Morgan fingerprint density at radius 2 is 1.53 bits per heavy atom. The number of aromatic hydroxyl groups is 1. The number of ether oxygens (including phenoxy) is 2. The number of benzene rings is 1. The quantitative estimate of drug-likeness (QED) is 0.0826. The number of hydrogen-bond donors (Lipinski definition) is 12. The number of aliphatic hydroxyl groups excluding tert-OH is 9. The van der Waals surface area contributed by atoms with Gasteiger partial charge in [0.05, 0.1) is 13.2 Å². The lowest BCUT2D eigenvalue weighted by molar-refractivity contribution is -0.320. The summed E-state index contributed by atoms with van der Waals surface area (Å²) in [4.78, 5) is 27.5. The van der Waals surface area contributed by atoms with Crippen molar-refractivity contribution in [1.82, 2.24) is 0 Å². The first-order valence-corrected chi connectivity index (χ1v) is 12.9. The second kappa shape index (κ2) is 12.0. The van der Waals surface area contributed by atoms with E-state index in [1.54, 1.807) is 0 Å². The van der Waals surface area contributed by atoms with E-state index in [1.165, 1.54) is 30.3 Å². The van der Waals surface area contributed by atoms with E-state index in [-0.39, 0.29) is 5.75 Å². The van der Waals surface area contributed by atoms with Crippen LogP contribution in [0.1, 0.15) is 12.0 Å². The molecule has 16 nitrogen and oxygen atoms in total. The second-order valence-corrected chi connectivity index (χ2v) is 10.5. The van der Waals surface area contributed by atoms with Crippen molar-refractivity contribution in [3.63, 3.8) is 0 Å². The molecule has 16 heteroatoms. The molecule has 4 rings (SSSR count). The fourth-order valence-corrected chi connectivity index (χ4v) is 5.14. The molecule has 2 heterocycles. The molecule has 0 aromatic heterocycles. The van der Waals surface area contributed by atoms with Crippen molar-refractivity contribution in [3.8, 4) is 5.75 Å². The number of aliphatic hydroxyl groups is 11. The van der Waals surface area contributed by atoms with E-state index in [0.717, 1.165) is 6.08 Å². The maximum Gasteiger partial charge on any atom is 0.219 e. The van der Waals surface area contributed by atoms with Gasteiger partial charge in [-0.15, -0.1) is 0 Å². The zero-order valence-electron chi connectivity index (χ0n) is 22.2. The van der Waals surface area contributed by atoms with Crippen molar-refractivity contribution >= 4 is 17.6 Å². The molecule has 0 radical (unpaired) electrons. The zero-order valence-corrected chi connectivity index (χ0v) is 22.2. The molecule has 1 unspecified atom stereocenters. The Balaban J connectivity index is 1.87. The maximum atomic E-state index is 13.8. The molecule has 12 N–H and O–H groups in total. The summed E-state index contributed by atoms with van der Waals surface area (Å²) in [7, 11) is 0. The van der Waals surface area contributed by atoms with Crippen molar-refractivity contribution in [1.29, 1.82) is 0 Å². The molecule has 0 bridgehead atoms. The first kappa shape index (κ1) is 32.6. The van der Waals surface area contributed by atoms with Crippen LogP contribution in [0.3, 0.4) is 0 Å². The molecule has 1 aliphatic carbocycles. The van der Waals surface area contributed by atoms with Crippen molar-refractivity contribution in [3.05, 3.63) is 58.6 Å². The Bertz CT molecular complexity index is 1330. The highest BCUT2D eigenvalue weighted by atomic mass is 16.6. The van der Waals surface area contributed by atoms with Gasteiger partial charge in [0.1, 0.15) is 71.7 Å². The van der Waals surface area contributed by atoms with E-state index in [9.17, 15) is 70.9 Å². The number of Topliss-reactive ketones (excluding diaryl/α,β-unsaturated/α-hetero) is 2. The molecule has 2 fully saturated rings. The molecule has 0 spiro atoms. The van der Waals surface area contributed by atoms with Gasteiger partial charge < -0.3 is 70.8 Å². The van der Waals surface area contributed by atoms with Crippen LogP contribution >= 0.6 is 0 Å². The summed E-state index contributed by atoms with van der Waals surface area (Å²) in [6.07, 6.45) is -15.9. The molecular weight excluding hydrogens is 580 g/mol. The Hall–Kier alpha value is -3.26. The number of allylic oxidation sites excluding steroid dienone is 2. The number of rotatable bonds is 6. The van der Waals surface area contributed by atoms with Crippen LogP contribution in [0.2, 0.25) is 0 Å². The summed E-state index contributed by atoms with van der Waals surface area (Å²) in [5, 5.41) is 125. The van der Waals surface area contributed by atoms with Crippen LogP contribution in [0, 0.1) is 0 Å². The highest BCUT2D eigenvalue weighted by Crippen LogP contribution is 2.42. The topological polar surface area (TPSA) is 295 Å². The van der Waals surface area contributed by atoms with E-state index >= 15 is 0 Å². The number of hydrogen-bond acceptors (Lipinski definition) is 16. The predicted octanol–water partition coefficient (Wildman–Crippen LogP) is -4.05. The first-order chi connectivity index (χ1) is 20.1. The van der Waals surface area contributed by atoms with Gasteiger partial charge in [0, 0.05) is 12.0 Å². The summed E-state index contributed by atoms with van der Waals surface area (Å²) in [5.74, 6) is -8.92. The Morgan fingerprint density at radius 1 is 0.907 bits per heavy atom. The van der Waals surface area contributed by atoms with Gasteiger partial charge in [-0.1, -0.05) is 18.2 Å². The molecule has 0 saturated carbocycles. The molecule has 0 amide bonds. The van der Waals surface area contributed by atoms with Gasteiger partial charge in [-0.2, -0.15) is 0 Å². The van der Waals surface area contributed by atoms with Crippen LogP contribution in [0.5, 0.6) is 5.75 Å². The van der Waals surface area contributed by atoms with Gasteiger partial charge >= 0.3 is 0 Å². The summed E-state index contributed by atoms with van der Waals surface area (Å²) in [5.41, 5.74) is -5.47. The van der Waals surface area contributed by atoms with Gasteiger partial charge in [0.15, 0.2) is 5.79 Å². The van der Waals surface area contributed by atoms with Crippen molar-refractivity contribution in [2.75, 3.05) is 13.2 Å². The van der Waals surface area contributed by atoms with E-state index in [0.29, 0.717) is 5.56 Å². The van der Waals surface area contributed by atoms with Crippen molar-refractivity contribution < 1.29 is 80.3 Å². The summed E-state index contributed by atoms with van der Waals surface area (Å²) >= 11 is 0. The van der Waals surface area contributed by atoms with Crippen LogP contribution in [-0.4, -0.2) is 146 Å². The van der Waals surface area contributed by atoms with Crippen LogP contribution in [0.25, 0.3) is 6.08 Å². The number of carbonyl (C=O) groups excluding carboxylic acids is 2. The van der Waals surface area contributed by atoms with Gasteiger partial charge in [-0.3, -0.25) is 9.59 Å². The number of carbonyl (C=O) groups is 2. The summed E-state index contributed by atoms with van der Waals surface area (Å²) in [6.45, 7) is -1.78. The largest absolute Gasteiger partial charge is 0.508 e. The van der Waals surface area contributed by atoms with Crippen LogP contribution in [0.15, 0.2) is 53.0 Å². The number of ketones is 2. The average molecular weight is 613 g/mol. The van der Waals surface area contributed by atoms with Crippen molar-refractivity contribution in [2.45, 2.75) is 66.6 Å². The molecule has 236 valence electrons. The van der Waals surface area contributed by atoms with Crippen LogP contribution < -0.4 is 0 Å². The molecule has 1 aromatic rings. The van der Waals surface area contributed by atoms with E-state index in [4.69, 9.17) is 9.47 Å². The minimum absolute atomic E-state index is 0.0850. The summed E-state index contributed by atoms with van der Waals surface area (Å²) < 4.78 is 10.3. The Labute approximate surface area is 242 Å². The molecule has 2 aliphatic heterocycles. The standard InChI is InChI=1S/C27H32O16/c28-8-15-19(34)20(35)21(36)25(43-15)27(41)22(37)12(7-26(40)24(39)18(33)14(31)9-42-26)17(32)16(23(27)38)13(30)6-3-10-1-4-11(29)5-2-10/h1-6,14-15,18-21,24-25,28-36,39-41H,7-9H2/b6-3+,16-13+/t14-,15-,18-,19-,20+,21-,24+,25-,26+,27?/m1/s1. The lowest BCUT2D eigenvalue weighted by atomic mass is 9.70. The average Bonchev–Trinajstić information content (AvgIpc) is 2.98. The van der Waals surface area contributed by atoms with Gasteiger partial charge in [0.2, 0.25) is 17.2 Å². The Morgan fingerprint density at radius 3 is 2.14 bits per heavy atom. The Kier molecular flexibility index (Phi) is 9.13. The second-order valence-electron chi connectivity index (χ2n) is 10.5. The lowest BCUT2D eigenvalue weighted by Gasteiger charge is -2.47. The third-order valence-corrected chi connectivity index (χ3v) is 7.72. The van der Waals surface area contributed by atoms with E-state index < -0.39 is 114 Å². The van der Waals surface area contributed by atoms with Gasteiger partial charge in [0.25, 0.3) is 0 Å². The van der Waals surface area contributed by atoms with Crippen LogP contribution in [-0.2, 0) is 19.1 Å². The van der Waals surface area contributed by atoms with E-state index in [1.807, 2.05) is 0 Å².